The monoisotopic (exact) mass is 357 g/mol. The molecule has 130 valence electrons. The highest BCUT2D eigenvalue weighted by Crippen LogP contribution is 2.39. The van der Waals surface area contributed by atoms with Crippen molar-refractivity contribution in [1.82, 2.24) is 4.57 Å². The fraction of sp³-hybridized carbons (Fsp3) is 0.316. The number of rotatable bonds is 4. The molecule has 0 radical (unpaired) electrons. The molecule has 0 spiro atoms. The van der Waals surface area contributed by atoms with Crippen LogP contribution in [-0.4, -0.2) is 35.6 Å². The lowest BCUT2D eigenvalue weighted by molar-refractivity contribution is -0.161. The minimum atomic E-state index is -1.43. The molecule has 0 amide bonds. The molecule has 1 aromatic carbocycles. The Hall–Kier alpha value is -2.47. The average molecular weight is 357 g/mol. The van der Waals surface area contributed by atoms with Crippen LogP contribution in [0.3, 0.4) is 0 Å². The number of aromatic nitrogens is 1. The molecule has 0 saturated carbocycles. The molecule has 5 nitrogen and oxygen atoms in total. The molecule has 1 aromatic heterocycles. The number of carbonyl (C=O) groups is 2. The molecule has 0 N–H and O–H groups in total. The molecular weight excluding hydrogens is 338 g/mol. The van der Waals surface area contributed by atoms with E-state index in [-0.39, 0.29) is 0 Å². The summed E-state index contributed by atoms with van der Waals surface area (Å²) in [5.74, 6) is -1.21. The second-order valence-corrected chi connectivity index (χ2v) is 6.50. The van der Waals surface area contributed by atoms with Gasteiger partial charge in [0.15, 0.2) is 0 Å². The summed E-state index contributed by atoms with van der Waals surface area (Å²) in [6, 6.07) is 11.6. The first kappa shape index (κ1) is 17.4. The van der Waals surface area contributed by atoms with E-state index in [2.05, 4.69) is 0 Å². The van der Waals surface area contributed by atoms with Crippen LogP contribution >= 0.6 is 12.2 Å². The molecule has 2 aromatic rings. The van der Waals surface area contributed by atoms with Crippen molar-refractivity contribution in [3.05, 3.63) is 58.9 Å². The van der Waals surface area contributed by atoms with Gasteiger partial charge in [0.05, 0.1) is 24.8 Å². The summed E-state index contributed by atoms with van der Waals surface area (Å²) in [5.41, 5.74) is 2.03. The van der Waals surface area contributed by atoms with E-state index in [0.717, 1.165) is 16.8 Å². The third-order valence-corrected chi connectivity index (χ3v) is 5.19. The first-order valence-electron chi connectivity index (χ1n) is 7.94. The number of hydrogen-bond acceptors (Lipinski definition) is 5. The highest BCUT2D eigenvalue weighted by molar-refractivity contribution is 7.81. The summed E-state index contributed by atoms with van der Waals surface area (Å²) in [4.78, 5) is 25.5. The Bertz CT molecular complexity index is 835. The van der Waals surface area contributed by atoms with Crippen molar-refractivity contribution < 1.29 is 19.1 Å². The Morgan fingerprint density at radius 3 is 2.20 bits per heavy atom. The SMILES string of the molecule is COC(=O)C1(C(=O)OC)CCn2c(C(=S)c3ccc(C)cc3)ccc21. The molecular formula is C19H19NO4S. The summed E-state index contributed by atoms with van der Waals surface area (Å²) in [7, 11) is 2.55. The summed E-state index contributed by atoms with van der Waals surface area (Å²) >= 11 is 5.64. The van der Waals surface area contributed by atoms with Gasteiger partial charge >= 0.3 is 11.9 Å². The van der Waals surface area contributed by atoms with Gasteiger partial charge in [-0.2, -0.15) is 0 Å². The first-order chi connectivity index (χ1) is 12.0. The summed E-state index contributed by atoms with van der Waals surface area (Å²) in [6.07, 6.45) is 0.298. The number of esters is 2. The molecule has 0 saturated heterocycles. The lowest BCUT2D eigenvalue weighted by Gasteiger charge is -2.22. The third-order valence-electron chi connectivity index (χ3n) is 4.74. The number of nitrogens with zero attached hydrogens (tertiary/aromatic N) is 1. The molecule has 1 aliphatic heterocycles. The molecule has 0 bridgehead atoms. The van der Waals surface area contributed by atoms with Gasteiger partial charge in [0.2, 0.25) is 5.41 Å². The van der Waals surface area contributed by atoms with Gasteiger partial charge in [-0.3, -0.25) is 9.59 Å². The minimum absolute atomic E-state index is 0.298. The predicted molar refractivity (Wildman–Crippen MR) is 96.7 cm³/mol. The largest absolute Gasteiger partial charge is 0.468 e. The Morgan fingerprint density at radius 1 is 1.04 bits per heavy atom. The maximum Gasteiger partial charge on any atom is 0.329 e. The lowest BCUT2D eigenvalue weighted by atomic mass is 9.83. The highest BCUT2D eigenvalue weighted by Gasteiger charge is 2.55. The van der Waals surface area contributed by atoms with E-state index >= 15 is 0 Å². The number of thiocarbonyl (C=S) groups is 1. The summed E-state index contributed by atoms with van der Waals surface area (Å²) < 4.78 is 11.7. The molecule has 0 aliphatic carbocycles. The number of benzene rings is 1. The van der Waals surface area contributed by atoms with Gasteiger partial charge in [-0.25, -0.2) is 0 Å². The van der Waals surface area contributed by atoms with Crippen LogP contribution in [0.1, 0.15) is 28.9 Å². The fourth-order valence-corrected chi connectivity index (χ4v) is 3.70. The molecule has 3 rings (SSSR count). The van der Waals surface area contributed by atoms with Gasteiger partial charge in [0.1, 0.15) is 0 Å². The van der Waals surface area contributed by atoms with Crippen molar-refractivity contribution in [2.24, 2.45) is 0 Å². The number of methoxy groups -OCH3 is 2. The summed E-state index contributed by atoms with van der Waals surface area (Å²) in [5, 5.41) is 0. The van der Waals surface area contributed by atoms with Crippen molar-refractivity contribution >= 4 is 29.0 Å². The van der Waals surface area contributed by atoms with E-state index in [4.69, 9.17) is 21.7 Å². The van der Waals surface area contributed by atoms with Gasteiger partial charge in [0.25, 0.3) is 0 Å². The number of fused-ring (bicyclic) bond motifs is 1. The molecule has 0 atom stereocenters. The van der Waals surface area contributed by atoms with Crippen LogP contribution in [0.5, 0.6) is 0 Å². The van der Waals surface area contributed by atoms with Gasteiger partial charge in [0, 0.05) is 12.2 Å². The van der Waals surface area contributed by atoms with Crippen molar-refractivity contribution in [3.63, 3.8) is 0 Å². The fourth-order valence-electron chi connectivity index (χ4n) is 3.38. The topological polar surface area (TPSA) is 57.5 Å². The summed E-state index contributed by atoms with van der Waals surface area (Å²) in [6.45, 7) is 2.51. The highest BCUT2D eigenvalue weighted by atomic mass is 32.1. The molecule has 6 heteroatoms. The van der Waals surface area contributed by atoms with Gasteiger partial charge in [-0.1, -0.05) is 42.0 Å². The van der Waals surface area contributed by atoms with E-state index in [1.54, 1.807) is 6.07 Å². The number of aryl methyl sites for hydroxylation is 1. The standard InChI is InChI=1S/C19H19NO4S/c1-12-4-6-13(7-5-12)16(25)14-8-9-15-19(17(21)23-2,18(22)24-3)10-11-20(14)15/h4-9H,10-11H2,1-3H3. The number of hydrogen-bond donors (Lipinski definition) is 0. The molecule has 25 heavy (non-hydrogen) atoms. The van der Waals surface area contributed by atoms with E-state index in [1.807, 2.05) is 41.8 Å². The average Bonchev–Trinajstić information content (AvgIpc) is 3.21. The van der Waals surface area contributed by atoms with Gasteiger partial charge < -0.3 is 14.0 Å². The van der Waals surface area contributed by atoms with Crippen LogP contribution < -0.4 is 0 Å². The Balaban J connectivity index is 2.06. The normalized spacial score (nSPS) is 14.7. The van der Waals surface area contributed by atoms with Crippen LogP contribution in [0.4, 0.5) is 0 Å². The molecule has 1 aliphatic rings. The minimum Gasteiger partial charge on any atom is -0.468 e. The van der Waals surface area contributed by atoms with Crippen molar-refractivity contribution in [1.29, 1.82) is 0 Å². The van der Waals surface area contributed by atoms with Crippen LogP contribution in [-0.2, 0) is 31.0 Å². The van der Waals surface area contributed by atoms with Gasteiger partial charge in [-0.15, -0.1) is 0 Å². The predicted octanol–water partition coefficient (Wildman–Crippen LogP) is 2.55. The van der Waals surface area contributed by atoms with Crippen molar-refractivity contribution in [2.75, 3.05) is 14.2 Å². The third kappa shape index (κ3) is 2.57. The van der Waals surface area contributed by atoms with Crippen molar-refractivity contribution in [2.45, 2.75) is 25.3 Å². The quantitative estimate of drug-likeness (QED) is 0.364. The van der Waals surface area contributed by atoms with Crippen molar-refractivity contribution in [3.8, 4) is 0 Å². The Labute approximate surface area is 151 Å². The Morgan fingerprint density at radius 2 is 1.64 bits per heavy atom. The van der Waals surface area contributed by atoms with E-state index in [1.165, 1.54) is 14.2 Å². The van der Waals surface area contributed by atoms with E-state index in [0.29, 0.717) is 23.5 Å². The smallest absolute Gasteiger partial charge is 0.329 e. The first-order valence-corrected chi connectivity index (χ1v) is 8.34. The second-order valence-electron chi connectivity index (χ2n) is 6.09. The lowest BCUT2D eigenvalue weighted by Crippen LogP contribution is -2.43. The van der Waals surface area contributed by atoms with Crippen LogP contribution in [0.15, 0.2) is 36.4 Å². The zero-order valence-electron chi connectivity index (χ0n) is 14.4. The number of carbonyl (C=O) groups excluding carboxylic acids is 2. The molecule has 2 heterocycles. The van der Waals surface area contributed by atoms with Gasteiger partial charge in [-0.05, 0) is 31.0 Å². The van der Waals surface area contributed by atoms with Crippen LogP contribution in [0.2, 0.25) is 0 Å². The maximum atomic E-state index is 12.4. The second kappa shape index (κ2) is 6.44. The van der Waals surface area contributed by atoms with E-state index < -0.39 is 17.4 Å². The van der Waals surface area contributed by atoms with E-state index in [9.17, 15) is 9.59 Å². The maximum absolute atomic E-state index is 12.4. The van der Waals surface area contributed by atoms with Crippen LogP contribution in [0.25, 0.3) is 0 Å². The Kier molecular flexibility index (Phi) is 4.47. The number of ether oxygens (including phenoxy) is 2. The zero-order chi connectivity index (χ0) is 18.2. The molecule has 0 unspecified atom stereocenters. The van der Waals surface area contributed by atoms with Crippen LogP contribution in [0, 0.1) is 6.92 Å². The zero-order valence-corrected chi connectivity index (χ0v) is 15.2. The molecule has 0 fully saturated rings.